The average molecular weight is 553 g/mol. The molecule has 0 aliphatic rings. The van der Waals surface area contributed by atoms with E-state index in [0.29, 0.717) is 15.3 Å². The summed E-state index contributed by atoms with van der Waals surface area (Å²) >= 11 is 1.23. The molecule has 3 aromatic rings. The van der Waals surface area contributed by atoms with E-state index in [1.165, 1.54) is 23.5 Å². The first kappa shape index (κ1) is 28.1. The third-order valence-corrected chi connectivity index (χ3v) is 7.06. The normalized spacial score (nSPS) is 12.6. The summed E-state index contributed by atoms with van der Waals surface area (Å²) in [5.74, 6) is -1.89. The van der Waals surface area contributed by atoms with Gasteiger partial charge in [-0.2, -0.15) is 13.2 Å². The third-order valence-electron chi connectivity index (χ3n) is 5.49. The van der Waals surface area contributed by atoms with Crippen molar-refractivity contribution in [3.63, 3.8) is 0 Å². The van der Waals surface area contributed by atoms with Crippen LogP contribution in [0.25, 0.3) is 0 Å². The van der Waals surface area contributed by atoms with Crippen molar-refractivity contribution in [2.45, 2.75) is 33.0 Å². The first-order chi connectivity index (χ1) is 17.1. The number of nitrogens with one attached hydrogen (secondary N) is 2. The monoisotopic (exact) mass is 552 g/mol. The molecule has 0 saturated carbocycles. The fraction of sp³-hybridized carbons (Fsp3) is 0.240. The molecular formula is C25H23F3N2O5S2. The molecule has 1 aromatic heterocycles. The van der Waals surface area contributed by atoms with E-state index in [4.69, 9.17) is 0 Å². The highest BCUT2D eigenvalue weighted by Crippen LogP contribution is 2.32. The summed E-state index contributed by atoms with van der Waals surface area (Å²) in [4.78, 5) is 39.5. The molecule has 0 unspecified atom stereocenters. The molecule has 12 heteroatoms. The predicted molar refractivity (Wildman–Crippen MR) is 133 cm³/mol. The Morgan fingerprint density at radius 1 is 0.838 bits per heavy atom. The summed E-state index contributed by atoms with van der Waals surface area (Å²) in [6.45, 7) is 5.03. The zero-order valence-corrected chi connectivity index (χ0v) is 21.8. The summed E-state index contributed by atoms with van der Waals surface area (Å²) < 4.78 is 63.0. The van der Waals surface area contributed by atoms with Gasteiger partial charge in [0.25, 0.3) is 11.8 Å². The number of sulfonamides is 1. The Kier molecular flexibility index (Phi) is 7.94. The topological polar surface area (TPSA) is 109 Å². The maximum Gasteiger partial charge on any atom is 0.416 e. The van der Waals surface area contributed by atoms with Gasteiger partial charge in [-0.1, -0.05) is 24.3 Å². The second kappa shape index (κ2) is 10.5. The quantitative estimate of drug-likeness (QED) is 0.410. The predicted octanol–water partition coefficient (Wildman–Crippen LogP) is 4.80. The standard InChI is InChI=1S/C25H23F3N2O5S2/c1-13(16-5-7-18(8-6-16)23(32)30-37(4,34)35)29-24(33)21-15(3)36-14(2)20(21)22(31)17-9-11-19(12-10-17)25(26,27)28/h5-13H,1-4H3,(H,29,33)(H,30,32)/t13-/m0/s1. The van der Waals surface area contributed by atoms with Gasteiger partial charge in [-0.15, -0.1) is 11.3 Å². The van der Waals surface area contributed by atoms with Crippen molar-refractivity contribution in [1.82, 2.24) is 10.0 Å². The summed E-state index contributed by atoms with van der Waals surface area (Å²) in [6, 6.07) is 9.22. The lowest BCUT2D eigenvalue weighted by Crippen LogP contribution is -2.30. The number of hydrogen-bond donors (Lipinski definition) is 2. The molecule has 196 valence electrons. The minimum absolute atomic E-state index is 0.0268. The zero-order chi connectivity index (χ0) is 27.7. The van der Waals surface area contributed by atoms with Gasteiger partial charge in [0.1, 0.15) is 0 Å². The number of carbonyl (C=O) groups excluding carboxylic acids is 3. The molecule has 0 aliphatic heterocycles. The molecule has 3 rings (SSSR count). The first-order valence-electron chi connectivity index (χ1n) is 10.8. The van der Waals surface area contributed by atoms with Gasteiger partial charge in [-0.3, -0.25) is 14.4 Å². The van der Waals surface area contributed by atoms with Gasteiger partial charge in [0.05, 0.1) is 23.4 Å². The van der Waals surface area contributed by atoms with E-state index in [-0.39, 0.29) is 22.3 Å². The van der Waals surface area contributed by atoms with Crippen LogP contribution in [0.2, 0.25) is 0 Å². The second-order valence-corrected chi connectivity index (χ2v) is 11.6. The van der Waals surface area contributed by atoms with Crippen molar-refractivity contribution in [3.8, 4) is 0 Å². The van der Waals surface area contributed by atoms with Gasteiger partial charge < -0.3 is 5.32 Å². The second-order valence-electron chi connectivity index (χ2n) is 8.39. The Labute approximate surface area is 215 Å². The smallest absolute Gasteiger partial charge is 0.345 e. The van der Waals surface area contributed by atoms with Gasteiger partial charge in [-0.05, 0) is 50.6 Å². The Morgan fingerprint density at radius 3 is 1.86 bits per heavy atom. The SMILES string of the molecule is Cc1sc(C)c(C(=O)c2ccc(C(F)(F)F)cc2)c1C(=O)N[C@@H](C)c1ccc(C(=O)NS(C)(=O)=O)cc1. The van der Waals surface area contributed by atoms with Gasteiger partial charge in [0.2, 0.25) is 10.0 Å². The number of amides is 2. The van der Waals surface area contributed by atoms with Crippen molar-refractivity contribution in [2.24, 2.45) is 0 Å². The van der Waals surface area contributed by atoms with Crippen LogP contribution in [0.3, 0.4) is 0 Å². The minimum Gasteiger partial charge on any atom is -0.345 e. The van der Waals surface area contributed by atoms with Crippen molar-refractivity contribution in [1.29, 1.82) is 0 Å². The van der Waals surface area contributed by atoms with E-state index in [1.54, 1.807) is 32.9 Å². The van der Waals surface area contributed by atoms with Crippen LogP contribution < -0.4 is 10.0 Å². The highest BCUT2D eigenvalue weighted by molar-refractivity contribution is 7.89. The number of hydrogen-bond acceptors (Lipinski definition) is 6. The molecule has 37 heavy (non-hydrogen) atoms. The molecule has 0 bridgehead atoms. The number of benzene rings is 2. The molecule has 1 heterocycles. The van der Waals surface area contributed by atoms with Crippen LogP contribution in [0.1, 0.15) is 70.5 Å². The Bertz CT molecular complexity index is 1460. The molecule has 2 N–H and O–H groups in total. The van der Waals surface area contributed by atoms with Crippen LogP contribution in [0.15, 0.2) is 48.5 Å². The Balaban J connectivity index is 1.82. The molecular weight excluding hydrogens is 529 g/mol. The van der Waals surface area contributed by atoms with Gasteiger partial charge in [0.15, 0.2) is 5.78 Å². The molecule has 2 aromatic carbocycles. The van der Waals surface area contributed by atoms with Crippen LogP contribution in [0.5, 0.6) is 0 Å². The summed E-state index contributed by atoms with van der Waals surface area (Å²) in [5.41, 5.74) is 0.141. The average Bonchev–Trinajstić information content (AvgIpc) is 3.10. The molecule has 1 atom stereocenters. The molecule has 0 fully saturated rings. The molecule has 0 spiro atoms. The fourth-order valence-corrected chi connectivity index (χ4v) is 5.20. The number of rotatable bonds is 7. The van der Waals surface area contributed by atoms with Crippen LogP contribution in [0, 0.1) is 13.8 Å². The maximum absolute atomic E-state index is 13.2. The van der Waals surface area contributed by atoms with Crippen molar-refractivity contribution < 1.29 is 36.0 Å². The van der Waals surface area contributed by atoms with Crippen LogP contribution in [0.4, 0.5) is 13.2 Å². The summed E-state index contributed by atoms with van der Waals surface area (Å²) in [6.07, 6.45) is -3.67. The van der Waals surface area contributed by atoms with E-state index in [0.717, 1.165) is 30.5 Å². The maximum atomic E-state index is 13.2. The highest BCUT2D eigenvalue weighted by atomic mass is 32.2. The van der Waals surface area contributed by atoms with Gasteiger partial charge in [0, 0.05) is 26.4 Å². The van der Waals surface area contributed by atoms with Crippen LogP contribution in [-0.4, -0.2) is 32.3 Å². The lowest BCUT2D eigenvalue weighted by molar-refractivity contribution is -0.137. The number of ketones is 1. The van der Waals surface area contributed by atoms with Crippen molar-refractivity contribution in [3.05, 3.63) is 91.7 Å². The van der Waals surface area contributed by atoms with Crippen LogP contribution in [-0.2, 0) is 16.2 Å². The van der Waals surface area contributed by atoms with E-state index < -0.39 is 45.4 Å². The Morgan fingerprint density at radius 2 is 1.35 bits per heavy atom. The van der Waals surface area contributed by atoms with Gasteiger partial charge >= 0.3 is 6.18 Å². The molecule has 7 nitrogen and oxygen atoms in total. The van der Waals surface area contributed by atoms with E-state index in [9.17, 15) is 36.0 Å². The largest absolute Gasteiger partial charge is 0.416 e. The van der Waals surface area contributed by atoms with Crippen LogP contribution >= 0.6 is 11.3 Å². The zero-order valence-electron chi connectivity index (χ0n) is 20.2. The van der Waals surface area contributed by atoms with E-state index >= 15 is 0 Å². The molecule has 0 saturated heterocycles. The molecule has 2 amide bonds. The number of thiophene rings is 1. The van der Waals surface area contributed by atoms with E-state index in [1.807, 2.05) is 4.72 Å². The minimum atomic E-state index is -4.53. The number of aryl methyl sites for hydroxylation is 2. The van der Waals surface area contributed by atoms with E-state index in [2.05, 4.69) is 5.32 Å². The Hall–Kier alpha value is -3.51. The first-order valence-corrected chi connectivity index (χ1v) is 13.5. The molecule has 0 aliphatic carbocycles. The van der Waals surface area contributed by atoms with Gasteiger partial charge in [-0.25, -0.2) is 13.1 Å². The number of alkyl halides is 3. The third kappa shape index (κ3) is 6.63. The van der Waals surface area contributed by atoms with Crippen molar-refractivity contribution >= 4 is 39.0 Å². The summed E-state index contributed by atoms with van der Waals surface area (Å²) in [7, 11) is -3.72. The fourth-order valence-electron chi connectivity index (χ4n) is 3.69. The number of halogens is 3. The molecule has 0 radical (unpaired) electrons. The summed E-state index contributed by atoms with van der Waals surface area (Å²) in [5, 5.41) is 2.80. The van der Waals surface area contributed by atoms with Crippen molar-refractivity contribution in [2.75, 3.05) is 6.26 Å². The lowest BCUT2D eigenvalue weighted by atomic mass is 9.97. The highest BCUT2D eigenvalue weighted by Gasteiger charge is 2.31. The number of carbonyl (C=O) groups is 3. The lowest BCUT2D eigenvalue weighted by Gasteiger charge is -2.16.